The second-order valence-electron chi connectivity index (χ2n) is 4.93. The van der Waals surface area contributed by atoms with Crippen LogP contribution in [0.2, 0.25) is 0 Å². The summed E-state index contributed by atoms with van der Waals surface area (Å²) in [5.41, 5.74) is 4.26. The molecule has 0 fully saturated rings. The molecule has 2 aromatic rings. The molecule has 0 spiro atoms. The van der Waals surface area contributed by atoms with Gasteiger partial charge in [-0.1, -0.05) is 12.1 Å². The summed E-state index contributed by atoms with van der Waals surface area (Å²) in [4.78, 5) is 16.3. The van der Waals surface area contributed by atoms with Crippen LogP contribution in [0.3, 0.4) is 0 Å². The van der Waals surface area contributed by atoms with E-state index < -0.39 is 0 Å². The fourth-order valence-corrected chi connectivity index (χ4v) is 2.06. The van der Waals surface area contributed by atoms with Gasteiger partial charge >= 0.3 is 0 Å². The summed E-state index contributed by atoms with van der Waals surface area (Å²) >= 11 is 0. The summed E-state index contributed by atoms with van der Waals surface area (Å²) in [6, 6.07) is 9.46. The first kappa shape index (κ1) is 14.8. The van der Waals surface area contributed by atoms with Crippen molar-refractivity contribution in [2.24, 2.45) is 0 Å². The number of hydrogen-bond acceptors (Lipinski definition) is 3. The van der Waals surface area contributed by atoms with Gasteiger partial charge in [0.25, 0.3) is 5.91 Å². The van der Waals surface area contributed by atoms with Gasteiger partial charge in [0.1, 0.15) is 5.69 Å². The van der Waals surface area contributed by atoms with Crippen molar-refractivity contribution in [1.29, 1.82) is 0 Å². The van der Waals surface area contributed by atoms with Gasteiger partial charge in [-0.2, -0.15) is 0 Å². The number of carbonyl (C=O) groups excluding carboxylic acids is 1. The van der Waals surface area contributed by atoms with Crippen LogP contribution in [0.25, 0.3) is 0 Å². The van der Waals surface area contributed by atoms with Crippen LogP contribution in [0.1, 0.15) is 21.6 Å². The van der Waals surface area contributed by atoms with Crippen molar-refractivity contribution in [2.45, 2.75) is 13.8 Å². The van der Waals surface area contributed by atoms with E-state index >= 15 is 0 Å². The minimum atomic E-state index is -0.213. The first-order valence-electron chi connectivity index (χ1n) is 6.79. The minimum Gasteiger partial charge on any atom is -0.380 e. The number of pyridine rings is 1. The van der Waals surface area contributed by atoms with Gasteiger partial charge in [0, 0.05) is 12.2 Å². The molecule has 0 unspecified atom stereocenters. The van der Waals surface area contributed by atoms with E-state index in [0.717, 1.165) is 22.5 Å². The van der Waals surface area contributed by atoms with Crippen molar-refractivity contribution in [2.75, 3.05) is 17.2 Å². The molecule has 4 nitrogen and oxygen atoms in total. The Morgan fingerprint density at radius 1 is 1.19 bits per heavy atom. The quantitative estimate of drug-likeness (QED) is 0.824. The van der Waals surface area contributed by atoms with Crippen LogP contribution in [-0.2, 0) is 0 Å². The number of aromatic nitrogens is 1. The number of carbonyl (C=O) groups is 1. The summed E-state index contributed by atoms with van der Waals surface area (Å²) in [5.74, 6) is -0.213. The Morgan fingerprint density at radius 3 is 2.48 bits per heavy atom. The Kier molecular flexibility index (Phi) is 4.72. The average molecular weight is 281 g/mol. The van der Waals surface area contributed by atoms with Crippen molar-refractivity contribution in [3.63, 3.8) is 0 Å². The minimum absolute atomic E-state index is 0.213. The van der Waals surface area contributed by atoms with Crippen LogP contribution < -0.4 is 10.6 Å². The van der Waals surface area contributed by atoms with Crippen molar-refractivity contribution >= 4 is 17.3 Å². The van der Waals surface area contributed by atoms with Crippen LogP contribution >= 0.6 is 0 Å². The maximum Gasteiger partial charge on any atom is 0.274 e. The Hall–Kier alpha value is -2.62. The zero-order valence-electron chi connectivity index (χ0n) is 12.3. The molecule has 0 bridgehead atoms. The fraction of sp³-hybridized carbons (Fsp3) is 0.176. The van der Waals surface area contributed by atoms with E-state index in [1.54, 1.807) is 18.3 Å². The standard InChI is InChI=1S/C17H19N3O/c1-4-7-18-14-5-6-16(19-11-14)17(21)20-15-9-12(2)8-13(3)10-15/h4-6,8-11,18H,1,7H2,2-3H3,(H,20,21). The summed E-state index contributed by atoms with van der Waals surface area (Å²) in [5, 5.41) is 5.98. The smallest absolute Gasteiger partial charge is 0.274 e. The maximum atomic E-state index is 12.2. The molecule has 0 aliphatic heterocycles. The van der Waals surface area contributed by atoms with Crippen LogP contribution in [0.15, 0.2) is 49.2 Å². The van der Waals surface area contributed by atoms with Crippen LogP contribution in [0.5, 0.6) is 0 Å². The highest BCUT2D eigenvalue weighted by atomic mass is 16.1. The molecule has 0 radical (unpaired) electrons. The van der Waals surface area contributed by atoms with Crippen molar-refractivity contribution in [3.8, 4) is 0 Å². The molecular weight excluding hydrogens is 262 g/mol. The number of amides is 1. The van der Waals surface area contributed by atoms with E-state index in [9.17, 15) is 4.79 Å². The van der Waals surface area contributed by atoms with Crippen molar-refractivity contribution < 1.29 is 4.79 Å². The number of rotatable bonds is 5. The van der Waals surface area contributed by atoms with Gasteiger partial charge < -0.3 is 10.6 Å². The zero-order valence-corrected chi connectivity index (χ0v) is 12.3. The first-order valence-corrected chi connectivity index (χ1v) is 6.79. The topological polar surface area (TPSA) is 54.0 Å². The molecule has 0 atom stereocenters. The number of aryl methyl sites for hydroxylation is 2. The molecule has 1 amide bonds. The SMILES string of the molecule is C=CCNc1ccc(C(=O)Nc2cc(C)cc(C)c2)nc1. The summed E-state index contributed by atoms with van der Waals surface area (Å²) in [6.45, 7) is 8.30. The highest BCUT2D eigenvalue weighted by Gasteiger charge is 2.08. The lowest BCUT2D eigenvalue weighted by atomic mass is 10.1. The van der Waals surface area contributed by atoms with Crippen molar-refractivity contribution in [3.05, 3.63) is 66.0 Å². The lowest BCUT2D eigenvalue weighted by Gasteiger charge is -2.08. The van der Waals surface area contributed by atoms with E-state index in [1.165, 1.54) is 0 Å². The molecule has 108 valence electrons. The third kappa shape index (κ3) is 4.18. The van der Waals surface area contributed by atoms with Crippen LogP contribution in [0.4, 0.5) is 11.4 Å². The molecule has 2 rings (SSSR count). The number of benzene rings is 1. The van der Waals surface area contributed by atoms with Crippen molar-refractivity contribution in [1.82, 2.24) is 4.98 Å². The average Bonchev–Trinajstić information content (AvgIpc) is 2.44. The molecule has 0 saturated heterocycles. The highest BCUT2D eigenvalue weighted by Crippen LogP contribution is 2.15. The number of nitrogens with zero attached hydrogens (tertiary/aromatic N) is 1. The monoisotopic (exact) mass is 281 g/mol. The number of hydrogen-bond donors (Lipinski definition) is 2. The van der Waals surface area contributed by atoms with E-state index in [4.69, 9.17) is 0 Å². The molecular formula is C17H19N3O. The van der Waals surface area contributed by atoms with Gasteiger partial charge in [-0.05, 0) is 49.2 Å². The van der Waals surface area contributed by atoms with E-state index in [1.807, 2.05) is 32.0 Å². The molecule has 0 aliphatic carbocycles. The Morgan fingerprint density at radius 2 is 1.90 bits per heavy atom. The number of nitrogens with one attached hydrogen (secondary N) is 2. The lowest BCUT2D eigenvalue weighted by Crippen LogP contribution is -2.14. The summed E-state index contributed by atoms with van der Waals surface area (Å²) in [7, 11) is 0. The van der Waals surface area contributed by atoms with E-state index in [-0.39, 0.29) is 5.91 Å². The van der Waals surface area contributed by atoms with Gasteiger partial charge in [0.2, 0.25) is 0 Å². The molecule has 1 heterocycles. The molecule has 4 heteroatoms. The Labute approximate surface area is 124 Å². The van der Waals surface area contributed by atoms with Gasteiger partial charge in [-0.3, -0.25) is 4.79 Å². The van der Waals surface area contributed by atoms with Gasteiger partial charge in [0.05, 0.1) is 11.9 Å². The fourth-order valence-electron chi connectivity index (χ4n) is 2.06. The van der Waals surface area contributed by atoms with Crippen LogP contribution in [0, 0.1) is 13.8 Å². The van der Waals surface area contributed by atoms with E-state index in [0.29, 0.717) is 12.2 Å². The largest absolute Gasteiger partial charge is 0.380 e. The summed E-state index contributed by atoms with van der Waals surface area (Å²) in [6.07, 6.45) is 3.40. The maximum absolute atomic E-state index is 12.2. The first-order chi connectivity index (χ1) is 10.1. The third-order valence-corrected chi connectivity index (χ3v) is 2.93. The molecule has 0 aliphatic rings. The van der Waals surface area contributed by atoms with Gasteiger partial charge in [0.15, 0.2) is 0 Å². The predicted octanol–water partition coefficient (Wildman–Crippen LogP) is 3.55. The Balaban J connectivity index is 2.07. The molecule has 21 heavy (non-hydrogen) atoms. The second kappa shape index (κ2) is 6.70. The van der Waals surface area contributed by atoms with E-state index in [2.05, 4.69) is 28.3 Å². The molecule has 2 N–H and O–H groups in total. The van der Waals surface area contributed by atoms with Gasteiger partial charge in [-0.25, -0.2) is 4.98 Å². The summed E-state index contributed by atoms with van der Waals surface area (Å²) < 4.78 is 0. The normalized spacial score (nSPS) is 10.0. The molecule has 0 saturated carbocycles. The van der Waals surface area contributed by atoms with Gasteiger partial charge in [-0.15, -0.1) is 6.58 Å². The Bertz CT molecular complexity index is 627. The predicted molar refractivity (Wildman–Crippen MR) is 86.8 cm³/mol. The van der Waals surface area contributed by atoms with Crippen LogP contribution in [-0.4, -0.2) is 17.4 Å². The zero-order chi connectivity index (χ0) is 15.2. The third-order valence-electron chi connectivity index (χ3n) is 2.93. The molecule has 1 aromatic carbocycles. The second-order valence-corrected chi connectivity index (χ2v) is 4.93. The molecule has 1 aromatic heterocycles. The number of anilines is 2. The lowest BCUT2D eigenvalue weighted by molar-refractivity contribution is 0.102. The highest BCUT2D eigenvalue weighted by molar-refractivity contribution is 6.03.